The number of hydrogen-bond acceptors (Lipinski definition) is 3. The first kappa shape index (κ1) is 14.0. The fourth-order valence-corrected chi connectivity index (χ4v) is 2.66. The van der Waals surface area contributed by atoms with Crippen LogP contribution in [0.25, 0.3) is 0 Å². The lowest BCUT2D eigenvalue weighted by Crippen LogP contribution is -1.93. The van der Waals surface area contributed by atoms with Crippen molar-refractivity contribution in [2.75, 3.05) is 7.11 Å². The summed E-state index contributed by atoms with van der Waals surface area (Å²) in [4.78, 5) is 2.29. The Morgan fingerprint density at radius 3 is 2.47 bits per heavy atom. The summed E-state index contributed by atoms with van der Waals surface area (Å²) >= 11 is 1.68. The van der Waals surface area contributed by atoms with Gasteiger partial charge in [-0.3, -0.25) is 0 Å². The first-order chi connectivity index (χ1) is 9.22. The zero-order chi connectivity index (χ0) is 13.7. The molecule has 2 nitrogen and oxygen atoms in total. The maximum Gasteiger partial charge on any atom is 0.119 e. The molecule has 0 saturated heterocycles. The number of rotatable bonds is 5. The second-order valence-corrected chi connectivity index (χ2v) is 5.42. The third kappa shape index (κ3) is 3.75. The lowest BCUT2D eigenvalue weighted by molar-refractivity contribution is 0.173. The highest BCUT2D eigenvalue weighted by atomic mass is 32.2. The van der Waals surface area contributed by atoms with Crippen LogP contribution in [0, 0.1) is 0 Å². The van der Waals surface area contributed by atoms with Gasteiger partial charge >= 0.3 is 0 Å². The number of aliphatic hydroxyl groups is 1. The molecule has 2 aromatic carbocycles. The van der Waals surface area contributed by atoms with Crippen molar-refractivity contribution in [1.82, 2.24) is 0 Å². The van der Waals surface area contributed by atoms with Gasteiger partial charge < -0.3 is 9.84 Å². The van der Waals surface area contributed by atoms with Crippen molar-refractivity contribution >= 4 is 11.8 Å². The maximum absolute atomic E-state index is 9.75. The Labute approximate surface area is 118 Å². The van der Waals surface area contributed by atoms with Crippen molar-refractivity contribution in [3.05, 3.63) is 54.1 Å². The molecule has 19 heavy (non-hydrogen) atoms. The highest BCUT2D eigenvalue weighted by Gasteiger charge is 2.05. The topological polar surface area (TPSA) is 29.5 Å². The van der Waals surface area contributed by atoms with E-state index in [1.165, 1.54) is 0 Å². The van der Waals surface area contributed by atoms with Gasteiger partial charge in [-0.2, -0.15) is 0 Å². The molecule has 0 aliphatic rings. The Hall–Kier alpha value is -1.45. The standard InChI is InChI=1S/C16H18O2S/c1-3-16(17)12-7-9-14(10-8-12)19-15-6-4-5-13(11-15)18-2/h4-11,16-17H,3H2,1-2H3. The van der Waals surface area contributed by atoms with Crippen LogP contribution in [0.2, 0.25) is 0 Å². The fraction of sp³-hybridized carbons (Fsp3) is 0.250. The molecule has 0 fully saturated rings. The lowest BCUT2D eigenvalue weighted by Gasteiger charge is -2.09. The Morgan fingerprint density at radius 1 is 1.11 bits per heavy atom. The van der Waals surface area contributed by atoms with E-state index in [1.54, 1.807) is 18.9 Å². The van der Waals surface area contributed by atoms with Gasteiger partial charge in [-0.1, -0.05) is 36.9 Å². The van der Waals surface area contributed by atoms with Gasteiger partial charge in [0.2, 0.25) is 0 Å². The largest absolute Gasteiger partial charge is 0.497 e. The second-order valence-electron chi connectivity index (χ2n) is 4.27. The molecule has 0 aliphatic carbocycles. The van der Waals surface area contributed by atoms with Gasteiger partial charge in [-0.05, 0) is 42.3 Å². The van der Waals surface area contributed by atoms with E-state index in [9.17, 15) is 5.11 Å². The van der Waals surface area contributed by atoms with Crippen LogP contribution in [-0.2, 0) is 0 Å². The SMILES string of the molecule is CCC(O)c1ccc(Sc2cccc(OC)c2)cc1. The van der Waals surface area contributed by atoms with E-state index in [0.717, 1.165) is 27.5 Å². The Bertz CT molecular complexity index is 523. The average Bonchev–Trinajstić information content (AvgIpc) is 2.47. The molecule has 0 bridgehead atoms. The van der Waals surface area contributed by atoms with Crippen molar-refractivity contribution in [2.24, 2.45) is 0 Å². The molecular formula is C16H18O2S. The molecule has 0 spiro atoms. The average molecular weight is 274 g/mol. The van der Waals surface area contributed by atoms with Gasteiger partial charge in [0.25, 0.3) is 0 Å². The quantitative estimate of drug-likeness (QED) is 0.882. The zero-order valence-corrected chi connectivity index (χ0v) is 12.0. The van der Waals surface area contributed by atoms with Crippen molar-refractivity contribution < 1.29 is 9.84 Å². The van der Waals surface area contributed by atoms with E-state index in [1.807, 2.05) is 49.4 Å². The summed E-state index contributed by atoms with van der Waals surface area (Å²) in [5, 5.41) is 9.75. The van der Waals surface area contributed by atoms with Gasteiger partial charge in [0.15, 0.2) is 0 Å². The smallest absolute Gasteiger partial charge is 0.119 e. The third-order valence-electron chi connectivity index (χ3n) is 2.93. The monoisotopic (exact) mass is 274 g/mol. The predicted molar refractivity (Wildman–Crippen MR) is 78.8 cm³/mol. The predicted octanol–water partition coefficient (Wildman–Crippen LogP) is 4.29. The number of hydrogen-bond donors (Lipinski definition) is 1. The summed E-state index contributed by atoms with van der Waals surface area (Å²) in [7, 11) is 1.67. The summed E-state index contributed by atoms with van der Waals surface area (Å²) < 4.78 is 5.21. The van der Waals surface area contributed by atoms with E-state index < -0.39 is 0 Å². The van der Waals surface area contributed by atoms with Crippen molar-refractivity contribution in [1.29, 1.82) is 0 Å². The van der Waals surface area contributed by atoms with Crippen molar-refractivity contribution in [3.8, 4) is 5.75 Å². The molecule has 100 valence electrons. The van der Waals surface area contributed by atoms with Gasteiger partial charge in [0.1, 0.15) is 5.75 Å². The molecular weight excluding hydrogens is 256 g/mol. The van der Waals surface area contributed by atoms with Crippen LogP contribution in [0.1, 0.15) is 25.0 Å². The molecule has 1 atom stereocenters. The minimum atomic E-state index is -0.365. The summed E-state index contributed by atoms with van der Waals surface area (Å²) in [6, 6.07) is 16.0. The molecule has 0 aliphatic heterocycles. The molecule has 3 heteroatoms. The Kier molecular flexibility index (Phi) is 4.88. The van der Waals surface area contributed by atoms with Crippen LogP contribution in [0.5, 0.6) is 5.75 Å². The number of methoxy groups -OCH3 is 1. The number of benzene rings is 2. The normalized spacial score (nSPS) is 12.2. The minimum absolute atomic E-state index is 0.365. The van der Waals surface area contributed by atoms with Crippen molar-refractivity contribution in [2.45, 2.75) is 29.2 Å². The summed E-state index contributed by atoms with van der Waals surface area (Å²) in [6.07, 6.45) is 0.374. The van der Waals surface area contributed by atoms with E-state index in [-0.39, 0.29) is 6.10 Å². The molecule has 0 radical (unpaired) electrons. The van der Waals surface area contributed by atoms with E-state index in [2.05, 4.69) is 6.07 Å². The Morgan fingerprint density at radius 2 is 1.84 bits per heavy atom. The Balaban J connectivity index is 2.10. The van der Waals surface area contributed by atoms with Gasteiger partial charge in [0, 0.05) is 9.79 Å². The summed E-state index contributed by atoms with van der Waals surface area (Å²) in [6.45, 7) is 1.98. The van der Waals surface area contributed by atoms with Crippen LogP contribution in [-0.4, -0.2) is 12.2 Å². The first-order valence-corrected chi connectivity index (χ1v) is 7.14. The van der Waals surface area contributed by atoms with Gasteiger partial charge in [-0.15, -0.1) is 0 Å². The van der Waals surface area contributed by atoms with E-state index in [4.69, 9.17) is 4.74 Å². The van der Waals surface area contributed by atoms with E-state index in [0.29, 0.717) is 0 Å². The van der Waals surface area contributed by atoms with E-state index >= 15 is 0 Å². The lowest BCUT2D eigenvalue weighted by atomic mass is 10.1. The first-order valence-electron chi connectivity index (χ1n) is 6.33. The van der Waals surface area contributed by atoms with Crippen molar-refractivity contribution in [3.63, 3.8) is 0 Å². The summed E-state index contributed by atoms with van der Waals surface area (Å²) in [5.74, 6) is 0.864. The van der Waals surface area contributed by atoms with Gasteiger partial charge in [-0.25, -0.2) is 0 Å². The molecule has 2 aromatic rings. The highest BCUT2D eigenvalue weighted by Crippen LogP contribution is 2.30. The molecule has 0 saturated carbocycles. The number of aliphatic hydroxyl groups excluding tert-OH is 1. The zero-order valence-electron chi connectivity index (χ0n) is 11.2. The summed E-state index contributed by atoms with van der Waals surface area (Å²) in [5.41, 5.74) is 0.970. The third-order valence-corrected chi connectivity index (χ3v) is 3.93. The second kappa shape index (κ2) is 6.64. The van der Waals surface area contributed by atoms with Gasteiger partial charge in [0.05, 0.1) is 13.2 Å². The number of ether oxygens (including phenoxy) is 1. The van der Waals surface area contributed by atoms with Crippen LogP contribution >= 0.6 is 11.8 Å². The molecule has 1 N–H and O–H groups in total. The molecule has 0 aromatic heterocycles. The van der Waals surface area contributed by atoms with Crippen LogP contribution in [0.15, 0.2) is 58.3 Å². The van der Waals surface area contributed by atoms with Crippen LogP contribution in [0.3, 0.4) is 0 Å². The molecule has 0 amide bonds. The fourth-order valence-electron chi connectivity index (χ4n) is 1.79. The molecule has 1 unspecified atom stereocenters. The van der Waals surface area contributed by atoms with Crippen LogP contribution < -0.4 is 4.74 Å². The maximum atomic E-state index is 9.75. The van der Waals surface area contributed by atoms with Crippen LogP contribution in [0.4, 0.5) is 0 Å². The minimum Gasteiger partial charge on any atom is -0.497 e. The highest BCUT2D eigenvalue weighted by molar-refractivity contribution is 7.99. The molecule has 2 rings (SSSR count). The molecule has 0 heterocycles.